The molecule has 3 atom stereocenters. The Morgan fingerprint density at radius 3 is 2.56 bits per heavy atom. The molecule has 362 valence electrons. The lowest BCUT2D eigenvalue weighted by molar-refractivity contribution is -0.286. The molecule has 0 spiro atoms. The van der Waals surface area contributed by atoms with E-state index in [0.29, 0.717) is 89.9 Å². The number of aryl methyl sites for hydroxylation is 3. The fourth-order valence-electron chi connectivity index (χ4n) is 10.4. The smallest absolute Gasteiger partial charge is 0.397 e. The second-order valence-corrected chi connectivity index (χ2v) is 20.2. The number of nitrogen functional groups attached to an aromatic ring is 1. The van der Waals surface area contributed by atoms with Crippen LogP contribution in [0.5, 0.6) is 11.5 Å². The van der Waals surface area contributed by atoms with Gasteiger partial charge in [0, 0.05) is 72.3 Å². The van der Waals surface area contributed by atoms with Crippen molar-refractivity contribution in [1.82, 2.24) is 25.9 Å². The molecule has 17 heteroatoms. The van der Waals surface area contributed by atoms with Gasteiger partial charge in [-0.25, -0.2) is 9.97 Å². The van der Waals surface area contributed by atoms with Gasteiger partial charge in [0.15, 0.2) is 11.5 Å². The quantitative estimate of drug-likeness (QED) is 0.0633. The van der Waals surface area contributed by atoms with Crippen LogP contribution in [-0.4, -0.2) is 85.0 Å². The van der Waals surface area contributed by atoms with Gasteiger partial charge in [0.1, 0.15) is 15.5 Å². The number of rotatable bonds is 15. The molecule has 3 aromatic carbocycles. The first kappa shape index (κ1) is 45.7. The minimum atomic E-state index is -3.75. The molecular formula is C53H54F2N8O6S. The van der Waals surface area contributed by atoms with E-state index >= 15 is 0 Å². The number of nitrogens with two attached hydrogens (primary N) is 1. The predicted molar refractivity (Wildman–Crippen MR) is 264 cm³/mol. The van der Waals surface area contributed by atoms with Gasteiger partial charge in [0.2, 0.25) is 5.91 Å². The van der Waals surface area contributed by atoms with Gasteiger partial charge >= 0.3 is 6.29 Å². The van der Waals surface area contributed by atoms with Crippen molar-refractivity contribution in [2.24, 2.45) is 0 Å². The van der Waals surface area contributed by atoms with Crippen LogP contribution in [-0.2, 0) is 34.2 Å². The van der Waals surface area contributed by atoms with Gasteiger partial charge in [0.25, 0.3) is 11.8 Å². The average Bonchev–Trinajstić information content (AvgIpc) is 3.89. The Morgan fingerprint density at radius 2 is 1.73 bits per heavy atom. The first-order chi connectivity index (χ1) is 33.9. The summed E-state index contributed by atoms with van der Waals surface area (Å²) >= 11 is 1.33. The lowest BCUT2D eigenvalue weighted by Crippen LogP contribution is -2.51. The summed E-state index contributed by atoms with van der Waals surface area (Å²) in [4.78, 5) is 53.7. The van der Waals surface area contributed by atoms with Crippen LogP contribution >= 0.6 is 11.3 Å². The highest BCUT2D eigenvalue weighted by Crippen LogP contribution is 2.52. The van der Waals surface area contributed by atoms with Crippen molar-refractivity contribution < 1.29 is 37.4 Å². The Morgan fingerprint density at radius 1 is 0.900 bits per heavy atom. The minimum Gasteiger partial charge on any atom is -0.397 e. The predicted octanol–water partition coefficient (Wildman–Crippen LogP) is 7.85. The molecule has 0 unspecified atom stereocenters. The molecule has 70 heavy (non-hydrogen) atoms. The molecule has 5 aliphatic rings. The van der Waals surface area contributed by atoms with E-state index < -0.39 is 11.7 Å². The number of piperazine rings is 1. The van der Waals surface area contributed by atoms with E-state index in [1.807, 2.05) is 31.2 Å². The lowest BCUT2D eigenvalue weighted by atomic mass is 9.87. The van der Waals surface area contributed by atoms with Gasteiger partial charge in [-0.15, -0.1) is 20.1 Å². The molecule has 6 aromatic rings. The Labute approximate surface area is 407 Å². The molecule has 0 radical (unpaired) electrons. The average molecular weight is 969 g/mol. The zero-order chi connectivity index (χ0) is 48.1. The first-order valence-corrected chi connectivity index (χ1v) is 25.0. The number of carbonyl (C=O) groups is 3. The third kappa shape index (κ3) is 9.37. The molecule has 11 rings (SSSR count). The van der Waals surface area contributed by atoms with E-state index in [2.05, 4.69) is 53.8 Å². The number of anilines is 3. The van der Waals surface area contributed by atoms with Crippen LogP contribution in [0.3, 0.4) is 0 Å². The Kier molecular flexibility index (Phi) is 12.1. The van der Waals surface area contributed by atoms with Crippen molar-refractivity contribution in [3.05, 3.63) is 123 Å². The molecule has 6 heterocycles. The summed E-state index contributed by atoms with van der Waals surface area (Å²) in [6.45, 7) is 5.14. The van der Waals surface area contributed by atoms with Gasteiger partial charge in [0.05, 0.1) is 23.4 Å². The fraction of sp³-hybridized carbons (Fsp3) is 0.377. The third-order valence-electron chi connectivity index (χ3n) is 14.3. The molecule has 2 saturated heterocycles. The van der Waals surface area contributed by atoms with Crippen LogP contribution in [0.4, 0.5) is 26.0 Å². The Bertz CT molecular complexity index is 3020. The number of amides is 3. The van der Waals surface area contributed by atoms with E-state index in [0.717, 1.165) is 60.2 Å². The maximum Gasteiger partial charge on any atom is 0.586 e. The minimum absolute atomic E-state index is 0.0398. The molecule has 2 bridgehead atoms. The number of pyridine rings is 2. The number of ether oxygens (including phenoxy) is 3. The van der Waals surface area contributed by atoms with E-state index in [1.165, 1.54) is 53.1 Å². The summed E-state index contributed by atoms with van der Waals surface area (Å²) in [5.74, 6) is -0.581. The van der Waals surface area contributed by atoms with E-state index in [4.69, 9.17) is 20.4 Å². The van der Waals surface area contributed by atoms with Crippen molar-refractivity contribution in [2.75, 3.05) is 48.8 Å². The van der Waals surface area contributed by atoms with Crippen molar-refractivity contribution in [2.45, 2.75) is 94.5 Å². The third-order valence-corrected chi connectivity index (χ3v) is 15.4. The number of nitrogens with zero attached hydrogens (tertiary/aromatic N) is 3. The normalized spacial score (nSPS) is 20.2. The number of hydrogen-bond donors (Lipinski definition) is 5. The first-order valence-electron chi connectivity index (χ1n) is 24.1. The highest BCUT2D eigenvalue weighted by molar-refractivity contribution is 7.21. The van der Waals surface area contributed by atoms with Gasteiger partial charge in [-0.05, 0) is 142 Å². The zero-order valence-corrected chi connectivity index (χ0v) is 39.6. The molecule has 3 aromatic heterocycles. The van der Waals surface area contributed by atoms with Crippen molar-refractivity contribution in [3.63, 3.8) is 0 Å². The summed E-state index contributed by atoms with van der Waals surface area (Å²) in [5, 5.41) is 13.6. The van der Waals surface area contributed by atoms with Gasteiger partial charge in [-0.2, -0.15) is 0 Å². The van der Waals surface area contributed by atoms with Crippen LogP contribution in [0.2, 0.25) is 0 Å². The number of halogens is 2. The maximum absolute atomic E-state index is 13.6. The summed E-state index contributed by atoms with van der Waals surface area (Å²) in [6, 6.07) is 27.1. The second kappa shape index (κ2) is 18.6. The van der Waals surface area contributed by atoms with Crippen LogP contribution in [0, 0.1) is 6.92 Å². The lowest BCUT2D eigenvalue weighted by Gasteiger charge is -2.35. The SMILES string of the molecule is Cc1ccc(NC(=O)C2(c3ccc4c(c3)OC(F)(F)O4)CC2)nc1-c1cccc(C(=O)NCCOCCCc2ccc3c(N)c(C(=O)N[C@H]4CCc5cc(N6C[C@H]7CC[C@@H](C6)N7)ccc5C4)sc3n2)c1. The summed E-state index contributed by atoms with van der Waals surface area (Å²) in [6.07, 6.45) is 3.87. The number of thiophene rings is 1. The monoisotopic (exact) mass is 968 g/mol. The molecule has 14 nitrogen and oxygen atoms in total. The van der Waals surface area contributed by atoms with Gasteiger partial charge in [-0.1, -0.05) is 30.3 Å². The van der Waals surface area contributed by atoms with Crippen molar-refractivity contribution in [1.29, 1.82) is 0 Å². The standard InChI is InChI=1S/C53H54F2N8O6S/c1-30-7-18-44(62-51(66)52(19-20-52)35-10-17-42-43(27-35)69-53(54,55)68-42)61-46(30)33-4-2-5-34(24-33)48(64)57-21-23-67-22-3-6-36-14-16-41-45(56)47(70-50(41)60-36)49(65)59-37-11-8-32-26-40(15-9-31(32)25-37)63-28-38-12-13-39(29-63)58-38/h2,4-5,7,9-10,14-18,24,26-27,37-39,58H,3,6,8,11-13,19-23,25,28-29,56H2,1H3,(H,57,64)(H,59,65)(H,61,62,66)/t37-,38-,39+/m0/s1. The van der Waals surface area contributed by atoms with Gasteiger partial charge in [-0.3, -0.25) is 14.4 Å². The molecule has 3 aliphatic heterocycles. The van der Waals surface area contributed by atoms with E-state index in [1.54, 1.807) is 30.3 Å². The highest BCUT2D eigenvalue weighted by atomic mass is 32.1. The summed E-state index contributed by atoms with van der Waals surface area (Å²) < 4.78 is 42.3. The van der Waals surface area contributed by atoms with Crippen LogP contribution < -0.4 is 41.4 Å². The van der Waals surface area contributed by atoms with Crippen LogP contribution in [0.15, 0.2) is 84.9 Å². The fourth-order valence-corrected chi connectivity index (χ4v) is 11.4. The molecular weight excluding hydrogens is 915 g/mol. The summed E-state index contributed by atoms with van der Waals surface area (Å²) in [7, 11) is 0. The topological polar surface area (TPSA) is 182 Å². The van der Waals surface area contributed by atoms with Crippen molar-refractivity contribution >= 4 is 56.5 Å². The number of aromatic nitrogens is 2. The zero-order valence-electron chi connectivity index (χ0n) is 38.7. The molecule has 2 aliphatic carbocycles. The number of benzene rings is 3. The molecule has 3 amide bonds. The van der Waals surface area contributed by atoms with Gasteiger partial charge < -0.3 is 46.1 Å². The molecule has 6 N–H and O–H groups in total. The van der Waals surface area contributed by atoms with E-state index in [9.17, 15) is 23.2 Å². The molecule has 3 fully saturated rings. The van der Waals surface area contributed by atoms with Crippen LogP contribution in [0.1, 0.15) is 86.5 Å². The number of carbonyl (C=O) groups excluding carboxylic acids is 3. The Hall–Kier alpha value is -6.69. The highest BCUT2D eigenvalue weighted by Gasteiger charge is 2.53. The second-order valence-electron chi connectivity index (χ2n) is 19.2. The number of alkyl halides is 2. The maximum atomic E-state index is 13.6. The Balaban J connectivity index is 0.625. The molecule has 1 saturated carbocycles. The number of hydrogen-bond acceptors (Lipinski definition) is 12. The largest absolute Gasteiger partial charge is 0.586 e. The van der Waals surface area contributed by atoms with Crippen LogP contribution in [0.25, 0.3) is 21.5 Å². The summed E-state index contributed by atoms with van der Waals surface area (Å²) in [5.41, 5.74) is 14.1. The van der Waals surface area contributed by atoms with E-state index in [-0.39, 0.29) is 35.3 Å². The van der Waals surface area contributed by atoms with Crippen molar-refractivity contribution in [3.8, 4) is 22.8 Å². The number of nitrogens with one attached hydrogen (secondary N) is 4. The number of fused-ring (bicyclic) bond motifs is 5.